The average molecular weight is 381 g/mol. The van der Waals surface area contributed by atoms with Crippen molar-refractivity contribution in [3.05, 3.63) is 44.6 Å². The molecule has 1 amide bonds. The standard InChI is InChI=1S/C17H21BrN2OS/c1-4-20(5-2)13-6-8-15(12(3)10-13)19-17(21)11-14-7-9-16(18)22-14/h6-10H,4-5,11H2,1-3H3,(H,19,21). The second kappa shape index (κ2) is 7.79. The maximum Gasteiger partial charge on any atom is 0.229 e. The van der Waals surface area contributed by atoms with Crippen molar-refractivity contribution in [3.63, 3.8) is 0 Å². The van der Waals surface area contributed by atoms with Crippen molar-refractivity contribution in [2.45, 2.75) is 27.2 Å². The number of aryl methyl sites for hydroxylation is 1. The molecule has 0 spiro atoms. The lowest BCUT2D eigenvalue weighted by molar-refractivity contribution is -0.115. The zero-order chi connectivity index (χ0) is 16.1. The molecule has 5 heteroatoms. The topological polar surface area (TPSA) is 32.3 Å². The molecule has 0 radical (unpaired) electrons. The molecule has 0 atom stereocenters. The predicted octanol–water partition coefficient (Wildman–Crippen LogP) is 4.85. The summed E-state index contributed by atoms with van der Waals surface area (Å²) in [6.07, 6.45) is 0.410. The molecule has 0 aliphatic heterocycles. The van der Waals surface area contributed by atoms with E-state index in [1.807, 2.05) is 25.1 Å². The van der Waals surface area contributed by atoms with Crippen LogP contribution in [0.1, 0.15) is 24.3 Å². The molecule has 0 saturated carbocycles. The van der Waals surface area contributed by atoms with Crippen molar-refractivity contribution in [2.75, 3.05) is 23.3 Å². The maximum atomic E-state index is 12.1. The van der Waals surface area contributed by atoms with E-state index in [2.05, 4.69) is 52.1 Å². The number of thiophene rings is 1. The van der Waals surface area contributed by atoms with Gasteiger partial charge in [-0.3, -0.25) is 4.79 Å². The molecule has 3 nitrogen and oxygen atoms in total. The summed E-state index contributed by atoms with van der Waals surface area (Å²) < 4.78 is 1.05. The van der Waals surface area contributed by atoms with E-state index in [1.165, 1.54) is 5.69 Å². The van der Waals surface area contributed by atoms with Gasteiger partial charge in [0.05, 0.1) is 10.2 Å². The molecular formula is C17H21BrN2OS. The molecular weight excluding hydrogens is 360 g/mol. The zero-order valence-corrected chi connectivity index (χ0v) is 15.6. The lowest BCUT2D eigenvalue weighted by Crippen LogP contribution is -2.22. The van der Waals surface area contributed by atoms with Crippen LogP contribution >= 0.6 is 27.3 Å². The Morgan fingerprint density at radius 1 is 1.23 bits per heavy atom. The molecule has 1 aromatic heterocycles. The fourth-order valence-electron chi connectivity index (χ4n) is 2.37. The third kappa shape index (κ3) is 4.34. The summed E-state index contributed by atoms with van der Waals surface area (Å²) in [6.45, 7) is 8.29. The molecule has 2 rings (SSSR count). The molecule has 0 unspecified atom stereocenters. The van der Waals surface area contributed by atoms with Gasteiger partial charge in [-0.25, -0.2) is 0 Å². The Kier molecular flexibility index (Phi) is 6.03. The number of anilines is 2. The van der Waals surface area contributed by atoms with Gasteiger partial charge >= 0.3 is 0 Å². The Bertz CT molecular complexity index is 650. The van der Waals surface area contributed by atoms with Gasteiger partial charge in [0.25, 0.3) is 0 Å². The van der Waals surface area contributed by atoms with Gasteiger partial charge in [-0.05, 0) is 72.6 Å². The maximum absolute atomic E-state index is 12.1. The van der Waals surface area contributed by atoms with E-state index < -0.39 is 0 Å². The SMILES string of the molecule is CCN(CC)c1ccc(NC(=O)Cc2ccc(Br)s2)c(C)c1. The largest absolute Gasteiger partial charge is 0.372 e. The lowest BCUT2D eigenvalue weighted by Gasteiger charge is -2.22. The van der Waals surface area contributed by atoms with Crippen LogP contribution in [-0.2, 0) is 11.2 Å². The van der Waals surface area contributed by atoms with Crippen LogP contribution in [0.3, 0.4) is 0 Å². The number of carbonyl (C=O) groups excluding carboxylic acids is 1. The molecule has 0 aliphatic carbocycles. The Balaban J connectivity index is 2.05. The average Bonchev–Trinajstić information content (AvgIpc) is 2.88. The van der Waals surface area contributed by atoms with E-state index in [0.29, 0.717) is 6.42 Å². The fourth-order valence-corrected chi connectivity index (χ4v) is 3.85. The first-order valence-electron chi connectivity index (χ1n) is 7.43. The van der Waals surface area contributed by atoms with Gasteiger partial charge in [-0.2, -0.15) is 0 Å². The van der Waals surface area contributed by atoms with E-state index in [1.54, 1.807) is 11.3 Å². The molecule has 0 fully saturated rings. The monoisotopic (exact) mass is 380 g/mol. The number of amides is 1. The number of nitrogens with one attached hydrogen (secondary N) is 1. The van der Waals surface area contributed by atoms with Gasteiger partial charge < -0.3 is 10.2 Å². The highest BCUT2D eigenvalue weighted by Gasteiger charge is 2.09. The first-order chi connectivity index (χ1) is 10.5. The summed E-state index contributed by atoms with van der Waals surface area (Å²) in [6, 6.07) is 10.1. The highest BCUT2D eigenvalue weighted by molar-refractivity contribution is 9.11. The highest BCUT2D eigenvalue weighted by atomic mass is 79.9. The summed E-state index contributed by atoms with van der Waals surface area (Å²) in [5.74, 6) is 0.0213. The van der Waals surface area contributed by atoms with Gasteiger partial charge in [0.2, 0.25) is 5.91 Å². The van der Waals surface area contributed by atoms with Crippen LogP contribution in [0, 0.1) is 6.92 Å². The van der Waals surface area contributed by atoms with Crippen LogP contribution in [0.4, 0.5) is 11.4 Å². The summed E-state index contributed by atoms with van der Waals surface area (Å²) in [5, 5.41) is 3.00. The summed E-state index contributed by atoms with van der Waals surface area (Å²) in [4.78, 5) is 15.5. The van der Waals surface area contributed by atoms with E-state index in [0.717, 1.165) is 33.0 Å². The number of rotatable bonds is 6. The van der Waals surface area contributed by atoms with E-state index in [9.17, 15) is 4.79 Å². The lowest BCUT2D eigenvalue weighted by atomic mass is 10.1. The molecule has 0 saturated heterocycles. The van der Waals surface area contributed by atoms with Crippen molar-refractivity contribution >= 4 is 44.5 Å². The van der Waals surface area contributed by atoms with Crippen LogP contribution in [0.2, 0.25) is 0 Å². The predicted molar refractivity (Wildman–Crippen MR) is 99.1 cm³/mol. The number of benzene rings is 1. The molecule has 2 aromatic rings. The van der Waals surface area contributed by atoms with Gasteiger partial charge in [-0.15, -0.1) is 11.3 Å². The van der Waals surface area contributed by atoms with Crippen molar-refractivity contribution < 1.29 is 4.79 Å². The second-order valence-corrected chi connectivity index (χ2v) is 7.65. The molecule has 1 N–H and O–H groups in total. The number of halogens is 1. The van der Waals surface area contributed by atoms with Crippen LogP contribution in [0.25, 0.3) is 0 Å². The Labute approximate surface area is 144 Å². The quantitative estimate of drug-likeness (QED) is 0.776. The normalized spacial score (nSPS) is 10.5. The van der Waals surface area contributed by atoms with Gasteiger partial charge in [0.1, 0.15) is 0 Å². The summed E-state index contributed by atoms with van der Waals surface area (Å²) in [5.41, 5.74) is 3.17. The summed E-state index contributed by atoms with van der Waals surface area (Å²) >= 11 is 5.01. The van der Waals surface area contributed by atoms with E-state index >= 15 is 0 Å². The van der Waals surface area contributed by atoms with Crippen molar-refractivity contribution in [1.29, 1.82) is 0 Å². The smallest absolute Gasteiger partial charge is 0.229 e. The minimum absolute atomic E-state index is 0.0213. The second-order valence-electron chi connectivity index (χ2n) is 5.10. The molecule has 118 valence electrons. The number of hydrogen-bond acceptors (Lipinski definition) is 3. The number of carbonyl (C=O) groups is 1. The van der Waals surface area contributed by atoms with Crippen molar-refractivity contribution in [3.8, 4) is 0 Å². The van der Waals surface area contributed by atoms with Gasteiger partial charge in [-0.1, -0.05) is 0 Å². The van der Waals surface area contributed by atoms with Crippen molar-refractivity contribution in [2.24, 2.45) is 0 Å². The molecule has 0 bridgehead atoms. The summed E-state index contributed by atoms with van der Waals surface area (Å²) in [7, 11) is 0. The molecule has 22 heavy (non-hydrogen) atoms. The van der Waals surface area contributed by atoms with Crippen molar-refractivity contribution in [1.82, 2.24) is 0 Å². The highest BCUT2D eigenvalue weighted by Crippen LogP contribution is 2.25. The molecule has 0 aliphatic rings. The third-order valence-electron chi connectivity index (χ3n) is 3.58. The Morgan fingerprint density at radius 2 is 1.95 bits per heavy atom. The number of nitrogens with zero attached hydrogens (tertiary/aromatic N) is 1. The van der Waals surface area contributed by atoms with Crippen LogP contribution < -0.4 is 10.2 Å². The Morgan fingerprint density at radius 3 is 2.50 bits per heavy atom. The first kappa shape index (κ1) is 17.0. The van der Waals surface area contributed by atoms with E-state index in [4.69, 9.17) is 0 Å². The minimum atomic E-state index is 0.0213. The zero-order valence-electron chi connectivity index (χ0n) is 13.1. The first-order valence-corrected chi connectivity index (χ1v) is 9.04. The molecule has 1 heterocycles. The van der Waals surface area contributed by atoms with Gasteiger partial charge in [0, 0.05) is 29.3 Å². The van der Waals surface area contributed by atoms with Gasteiger partial charge in [0.15, 0.2) is 0 Å². The third-order valence-corrected chi connectivity index (χ3v) is 5.20. The Hall–Kier alpha value is -1.33. The fraction of sp³-hybridized carbons (Fsp3) is 0.353. The van der Waals surface area contributed by atoms with Crippen LogP contribution in [0.15, 0.2) is 34.1 Å². The van der Waals surface area contributed by atoms with Crippen LogP contribution in [0.5, 0.6) is 0 Å². The van der Waals surface area contributed by atoms with Crippen LogP contribution in [-0.4, -0.2) is 19.0 Å². The van der Waals surface area contributed by atoms with E-state index in [-0.39, 0.29) is 5.91 Å². The molecule has 1 aromatic carbocycles. The minimum Gasteiger partial charge on any atom is -0.372 e. The number of hydrogen-bond donors (Lipinski definition) is 1.